The third kappa shape index (κ3) is 2.89. The Morgan fingerprint density at radius 1 is 1.29 bits per heavy atom. The molecule has 2 aromatic rings. The van der Waals surface area contributed by atoms with Crippen molar-refractivity contribution in [1.82, 2.24) is 9.97 Å². The second-order valence-corrected chi connectivity index (χ2v) is 3.64. The fourth-order valence-electron chi connectivity index (χ4n) is 1.16. The smallest absolute Gasteiger partial charge is 0.237 e. The monoisotopic (exact) mass is 253 g/mol. The van der Waals surface area contributed by atoms with E-state index in [0.29, 0.717) is 18.0 Å². The summed E-state index contributed by atoms with van der Waals surface area (Å²) in [6, 6.07) is 4.14. The van der Waals surface area contributed by atoms with E-state index in [9.17, 15) is 4.39 Å². The van der Waals surface area contributed by atoms with E-state index in [1.54, 1.807) is 6.07 Å². The molecule has 0 spiro atoms. The number of benzene rings is 1. The van der Waals surface area contributed by atoms with Gasteiger partial charge in [-0.05, 0) is 12.1 Å². The van der Waals surface area contributed by atoms with Gasteiger partial charge in [0, 0.05) is 12.6 Å². The van der Waals surface area contributed by atoms with Crippen LogP contribution >= 0.6 is 11.6 Å². The van der Waals surface area contributed by atoms with E-state index in [4.69, 9.17) is 22.1 Å². The predicted molar refractivity (Wildman–Crippen MR) is 61.4 cm³/mol. The summed E-state index contributed by atoms with van der Waals surface area (Å²) in [5, 5.41) is 0.0434. The van der Waals surface area contributed by atoms with Gasteiger partial charge >= 0.3 is 0 Å². The van der Waals surface area contributed by atoms with E-state index in [1.165, 1.54) is 24.5 Å². The van der Waals surface area contributed by atoms with Gasteiger partial charge < -0.3 is 10.5 Å². The summed E-state index contributed by atoms with van der Waals surface area (Å²) in [6.07, 6.45) is 2.93. The molecular formula is C11H9ClFN3O. The molecule has 0 fully saturated rings. The minimum atomic E-state index is -0.546. The van der Waals surface area contributed by atoms with Crippen molar-refractivity contribution in [3.05, 3.63) is 47.1 Å². The quantitative estimate of drug-likeness (QED) is 0.913. The Kier molecular flexibility index (Phi) is 3.51. The zero-order chi connectivity index (χ0) is 12.3. The van der Waals surface area contributed by atoms with Gasteiger partial charge in [-0.25, -0.2) is 9.37 Å². The molecule has 0 amide bonds. The van der Waals surface area contributed by atoms with Crippen LogP contribution in [-0.2, 0) is 6.54 Å². The lowest BCUT2D eigenvalue weighted by molar-refractivity contribution is 0.454. The fraction of sp³-hybridized carbons (Fsp3) is 0.0909. The summed E-state index contributed by atoms with van der Waals surface area (Å²) >= 11 is 5.55. The van der Waals surface area contributed by atoms with E-state index >= 15 is 0 Å². The summed E-state index contributed by atoms with van der Waals surface area (Å²) in [6.45, 7) is 0.308. The van der Waals surface area contributed by atoms with Crippen LogP contribution in [-0.4, -0.2) is 9.97 Å². The highest BCUT2D eigenvalue weighted by Gasteiger charge is 2.04. The topological polar surface area (TPSA) is 61.0 Å². The summed E-state index contributed by atoms with van der Waals surface area (Å²) in [5.41, 5.74) is 6.03. The fourth-order valence-corrected chi connectivity index (χ4v) is 1.28. The van der Waals surface area contributed by atoms with Crippen LogP contribution in [0.1, 0.15) is 5.69 Å². The molecule has 6 heteroatoms. The minimum Gasteiger partial charge on any atom is -0.437 e. The van der Waals surface area contributed by atoms with Crippen molar-refractivity contribution in [1.29, 1.82) is 0 Å². The molecule has 1 heterocycles. The average Bonchev–Trinajstić information content (AvgIpc) is 2.35. The number of hydrogen-bond donors (Lipinski definition) is 1. The first-order chi connectivity index (χ1) is 8.19. The van der Waals surface area contributed by atoms with Gasteiger partial charge in [-0.15, -0.1) is 0 Å². The first-order valence-electron chi connectivity index (χ1n) is 4.83. The van der Waals surface area contributed by atoms with Crippen molar-refractivity contribution < 1.29 is 9.13 Å². The van der Waals surface area contributed by atoms with Crippen LogP contribution in [0.4, 0.5) is 4.39 Å². The lowest BCUT2D eigenvalue weighted by atomic mass is 10.3. The molecule has 0 atom stereocenters. The lowest BCUT2D eigenvalue weighted by Crippen LogP contribution is -2.00. The Morgan fingerprint density at radius 3 is 2.71 bits per heavy atom. The summed E-state index contributed by atoms with van der Waals surface area (Å²) in [5.74, 6) is 0.0290. The van der Waals surface area contributed by atoms with E-state index < -0.39 is 5.82 Å². The predicted octanol–water partition coefficient (Wildman–Crippen LogP) is 2.52. The number of ether oxygens (including phenoxy) is 1. The number of rotatable bonds is 3. The molecule has 0 saturated heterocycles. The lowest BCUT2D eigenvalue weighted by Gasteiger charge is -2.05. The Hall–Kier alpha value is -1.72. The maximum atomic E-state index is 13.1. The molecule has 1 aromatic heterocycles. The second kappa shape index (κ2) is 5.07. The highest BCUT2D eigenvalue weighted by Crippen LogP contribution is 2.23. The molecule has 0 radical (unpaired) electrons. The number of aromatic nitrogens is 2. The van der Waals surface area contributed by atoms with Gasteiger partial charge in [0.2, 0.25) is 5.88 Å². The number of nitrogens with zero attached hydrogens (tertiary/aromatic N) is 2. The first kappa shape index (κ1) is 11.8. The van der Waals surface area contributed by atoms with Gasteiger partial charge in [0.1, 0.15) is 11.6 Å². The van der Waals surface area contributed by atoms with Gasteiger partial charge in [0.25, 0.3) is 0 Å². The van der Waals surface area contributed by atoms with Crippen molar-refractivity contribution in [2.75, 3.05) is 0 Å². The zero-order valence-electron chi connectivity index (χ0n) is 8.73. The molecule has 0 aliphatic carbocycles. The standard InChI is InChI=1S/C11H9ClFN3O/c12-9-2-1-8(3-10(9)13)17-11-6-15-7(4-14)5-16-11/h1-3,5-6H,4,14H2. The molecular weight excluding hydrogens is 245 g/mol. The maximum absolute atomic E-state index is 13.1. The van der Waals surface area contributed by atoms with E-state index in [1.807, 2.05) is 0 Å². The Bertz CT molecular complexity index is 519. The summed E-state index contributed by atoms with van der Waals surface area (Å²) in [7, 11) is 0. The molecule has 88 valence electrons. The van der Waals surface area contributed by atoms with Crippen LogP contribution in [0.3, 0.4) is 0 Å². The van der Waals surface area contributed by atoms with Crippen LogP contribution in [0.25, 0.3) is 0 Å². The summed E-state index contributed by atoms with van der Waals surface area (Å²) in [4.78, 5) is 7.98. The van der Waals surface area contributed by atoms with E-state index in [0.717, 1.165) is 0 Å². The van der Waals surface area contributed by atoms with Gasteiger partial charge in [0.05, 0.1) is 23.1 Å². The largest absolute Gasteiger partial charge is 0.437 e. The van der Waals surface area contributed by atoms with Crippen LogP contribution in [0, 0.1) is 5.82 Å². The number of nitrogens with two attached hydrogens (primary N) is 1. The van der Waals surface area contributed by atoms with Crippen molar-refractivity contribution in [3.8, 4) is 11.6 Å². The third-order valence-electron chi connectivity index (χ3n) is 2.00. The van der Waals surface area contributed by atoms with Crippen LogP contribution in [0.5, 0.6) is 11.6 Å². The molecule has 0 saturated carbocycles. The molecule has 4 nitrogen and oxygen atoms in total. The summed E-state index contributed by atoms with van der Waals surface area (Å²) < 4.78 is 18.4. The Labute approximate surface area is 102 Å². The molecule has 2 rings (SSSR count). The van der Waals surface area contributed by atoms with E-state index in [-0.39, 0.29) is 10.9 Å². The highest BCUT2D eigenvalue weighted by atomic mass is 35.5. The van der Waals surface area contributed by atoms with Crippen molar-refractivity contribution in [2.45, 2.75) is 6.54 Å². The van der Waals surface area contributed by atoms with Crippen LogP contribution in [0.2, 0.25) is 5.02 Å². The van der Waals surface area contributed by atoms with Crippen molar-refractivity contribution in [2.24, 2.45) is 5.73 Å². The van der Waals surface area contributed by atoms with Crippen LogP contribution < -0.4 is 10.5 Å². The molecule has 17 heavy (non-hydrogen) atoms. The number of halogens is 2. The third-order valence-corrected chi connectivity index (χ3v) is 2.31. The molecule has 0 bridgehead atoms. The second-order valence-electron chi connectivity index (χ2n) is 3.23. The maximum Gasteiger partial charge on any atom is 0.237 e. The Balaban J connectivity index is 2.16. The molecule has 2 N–H and O–H groups in total. The van der Waals surface area contributed by atoms with Gasteiger partial charge in [-0.3, -0.25) is 4.98 Å². The molecule has 1 aromatic carbocycles. The van der Waals surface area contributed by atoms with E-state index in [2.05, 4.69) is 9.97 Å². The Morgan fingerprint density at radius 2 is 2.12 bits per heavy atom. The molecule has 0 aliphatic heterocycles. The SMILES string of the molecule is NCc1cnc(Oc2ccc(Cl)c(F)c2)cn1. The van der Waals surface area contributed by atoms with Gasteiger partial charge in [0.15, 0.2) is 0 Å². The van der Waals surface area contributed by atoms with Crippen molar-refractivity contribution in [3.63, 3.8) is 0 Å². The van der Waals surface area contributed by atoms with Crippen molar-refractivity contribution >= 4 is 11.6 Å². The van der Waals surface area contributed by atoms with Crippen LogP contribution in [0.15, 0.2) is 30.6 Å². The first-order valence-corrected chi connectivity index (χ1v) is 5.20. The van der Waals surface area contributed by atoms with Gasteiger partial charge in [-0.1, -0.05) is 11.6 Å². The molecule has 0 aliphatic rings. The average molecular weight is 254 g/mol. The molecule has 0 unspecified atom stereocenters. The zero-order valence-corrected chi connectivity index (χ0v) is 9.49. The normalized spacial score (nSPS) is 10.3. The van der Waals surface area contributed by atoms with Gasteiger partial charge in [-0.2, -0.15) is 0 Å². The number of hydrogen-bond acceptors (Lipinski definition) is 4. The minimum absolute atomic E-state index is 0.0434. The highest BCUT2D eigenvalue weighted by molar-refractivity contribution is 6.30.